The Morgan fingerprint density at radius 1 is 1.18 bits per heavy atom. The van der Waals surface area contributed by atoms with Gasteiger partial charge in [-0.25, -0.2) is 0 Å². The van der Waals surface area contributed by atoms with Crippen LogP contribution in [-0.4, -0.2) is 18.7 Å². The molecule has 0 saturated heterocycles. The highest BCUT2D eigenvalue weighted by Gasteiger charge is 2.54. The van der Waals surface area contributed by atoms with E-state index in [4.69, 9.17) is 0 Å². The van der Waals surface area contributed by atoms with E-state index in [0.717, 1.165) is 24.1 Å². The Bertz CT molecular complexity index is 509. The van der Waals surface area contributed by atoms with Crippen LogP contribution in [0.2, 0.25) is 0 Å². The number of amides is 1. The molecule has 17 heavy (non-hydrogen) atoms. The quantitative estimate of drug-likeness (QED) is 0.638. The summed E-state index contributed by atoms with van der Waals surface area (Å²) in [7, 11) is 1.76. The van der Waals surface area contributed by atoms with Crippen molar-refractivity contribution >= 4 is 17.4 Å². The number of fused-ring (bicyclic) bond motifs is 2. The third kappa shape index (κ3) is 1.17. The van der Waals surface area contributed by atoms with Gasteiger partial charge in [0.2, 0.25) is 5.91 Å². The van der Waals surface area contributed by atoms with Gasteiger partial charge in [-0.15, -0.1) is 0 Å². The molecule has 2 aliphatic rings. The molecule has 0 N–H and O–H groups in total. The van der Waals surface area contributed by atoms with Crippen molar-refractivity contribution in [3.8, 4) is 0 Å². The molecule has 88 valence electrons. The fourth-order valence-corrected chi connectivity index (χ4v) is 3.18. The number of likely N-dealkylation sites (N-methyl/N-ethyl adjacent to an activating group) is 1. The second-order valence-corrected chi connectivity index (χ2v) is 4.92. The fourth-order valence-electron chi connectivity index (χ4n) is 3.18. The first-order chi connectivity index (χ1) is 8.18. The van der Waals surface area contributed by atoms with E-state index in [1.54, 1.807) is 11.9 Å². The van der Waals surface area contributed by atoms with Gasteiger partial charge < -0.3 is 4.90 Å². The van der Waals surface area contributed by atoms with Crippen molar-refractivity contribution in [3.05, 3.63) is 29.8 Å². The SMILES string of the molecule is CN1C(=O)C2(CCCCC2=O)c2ccccc21. The van der Waals surface area contributed by atoms with Crippen LogP contribution in [0, 0.1) is 0 Å². The predicted octanol–water partition coefficient (Wildman–Crippen LogP) is 2.04. The summed E-state index contributed by atoms with van der Waals surface area (Å²) in [6.07, 6.45) is 3.08. The molecular weight excluding hydrogens is 214 g/mol. The van der Waals surface area contributed by atoms with Crippen molar-refractivity contribution in [3.63, 3.8) is 0 Å². The molecule has 3 rings (SSSR count). The lowest BCUT2D eigenvalue weighted by Crippen LogP contribution is -2.46. The number of ketones is 1. The van der Waals surface area contributed by atoms with E-state index < -0.39 is 5.41 Å². The van der Waals surface area contributed by atoms with Crippen LogP contribution >= 0.6 is 0 Å². The summed E-state index contributed by atoms with van der Waals surface area (Å²) in [5, 5.41) is 0. The first-order valence-corrected chi connectivity index (χ1v) is 6.09. The topological polar surface area (TPSA) is 37.4 Å². The summed E-state index contributed by atoms with van der Waals surface area (Å²) in [5.74, 6) is 0.0638. The van der Waals surface area contributed by atoms with Crippen LogP contribution in [0.3, 0.4) is 0 Å². The smallest absolute Gasteiger partial charge is 0.245 e. The number of carbonyl (C=O) groups is 2. The van der Waals surface area contributed by atoms with Crippen LogP contribution in [0.4, 0.5) is 5.69 Å². The molecule has 3 nitrogen and oxygen atoms in total. The summed E-state index contributed by atoms with van der Waals surface area (Å²) in [4.78, 5) is 26.4. The van der Waals surface area contributed by atoms with E-state index in [1.165, 1.54) is 0 Å². The number of benzene rings is 1. The maximum atomic E-state index is 12.5. The molecule has 0 bridgehead atoms. The van der Waals surface area contributed by atoms with Crippen molar-refractivity contribution in [2.24, 2.45) is 0 Å². The first kappa shape index (κ1) is 10.5. The lowest BCUT2D eigenvalue weighted by molar-refractivity contribution is -0.135. The van der Waals surface area contributed by atoms with Gasteiger partial charge in [0, 0.05) is 19.2 Å². The zero-order chi connectivity index (χ0) is 12.0. The molecule has 1 aliphatic carbocycles. The number of para-hydroxylation sites is 1. The third-order valence-electron chi connectivity index (χ3n) is 4.08. The Hall–Kier alpha value is -1.64. The normalized spacial score (nSPS) is 27.7. The third-order valence-corrected chi connectivity index (χ3v) is 4.08. The van der Waals surface area contributed by atoms with Crippen LogP contribution in [-0.2, 0) is 15.0 Å². The van der Waals surface area contributed by atoms with Gasteiger partial charge in [-0.1, -0.05) is 24.6 Å². The van der Waals surface area contributed by atoms with Crippen molar-refractivity contribution in [1.82, 2.24) is 0 Å². The molecular formula is C14H15NO2. The van der Waals surface area contributed by atoms with E-state index >= 15 is 0 Å². The number of nitrogens with zero attached hydrogens (tertiary/aromatic N) is 1. The fraction of sp³-hybridized carbons (Fsp3) is 0.429. The van der Waals surface area contributed by atoms with Crippen LogP contribution < -0.4 is 4.90 Å². The van der Waals surface area contributed by atoms with Crippen molar-refractivity contribution < 1.29 is 9.59 Å². The molecule has 3 heteroatoms. The number of rotatable bonds is 0. The molecule has 1 fully saturated rings. The molecule has 1 aromatic carbocycles. The summed E-state index contributed by atoms with van der Waals surface area (Å²) >= 11 is 0. The number of carbonyl (C=O) groups excluding carboxylic acids is 2. The second kappa shape index (κ2) is 3.42. The monoisotopic (exact) mass is 229 g/mol. The number of hydrogen-bond donors (Lipinski definition) is 0. The number of hydrogen-bond acceptors (Lipinski definition) is 2. The lowest BCUT2D eigenvalue weighted by atomic mass is 9.69. The van der Waals surface area contributed by atoms with Gasteiger partial charge in [-0.05, 0) is 24.5 Å². The molecule has 0 radical (unpaired) electrons. The van der Waals surface area contributed by atoms with Crippen LogP contribution in [0.25, 0.3) is 0 Å². The number of anilines is 1. The average Bonchev–Trinajstić information content (AvgIpc) is 2.57. The average molecular weight is 229 g/mol. The zero-order valence-corrected chi connectivity index (χ0v) is 9.90. The van der Waals surface area contributed by atoms with Crippen LogP contribution in [0.1, 0.15) is 31.2 Å². The van der Waals surface area contributed by atoms with Gasteiger partial charge in [0.05, 0.1) is 0 Å². The standard InChI is InChI=1S/C14H15NO2/c1-15-11-7-3-2-6-10(11)14(13(15)17)9-5-4-8-12(14)16/h2-3,6-7H,4-5,8-9H2,1H3. The van der Waals surface area contributed by atoms with Gasteiger partial charge in [0.1, 0.15) is 5.41 Å². The maximum Gasteiger partial charge on any atom is 0.245 e. The summed E-state index contributed by atoms with van der Waals surface area (Å²) in [6.45, 7) is 0. The van der Waals surface area contributed by atoms with Crippen LogP contribution in [0.15, 0.2) is 24.3 Å². The van der Waals surface area contributed by atoms with Crippen molar-refractivity contribution in [2.45, 2.75) is 31.1 Å². The number of Topliss-reactive ketones (excluding diaryl/α,β-unsaturated/α-hetero) is 1. The highest BCUT2D eigenvalue weighted by atomic mass is 16.2. The van der Waals surface area contributed by atoms with Gasteiger partial charge in [-0.2, -0.15) is 0 Å². The second-order valence-electron chi connectivity index (χ2n) is 4.92. The van der Waals surface area contributed by atoms with Gasteiger partial charge >= 0.3 is 0 Å². The molecule has 1 aliphatic heterocycles. The molecule has 1 aromatic rings. The van der Waals surface area contributed by atoms with Crippen molar-refractivity contribution in [2.75, 3.05) is 11.9 Å². The van der Waals surface area contributed by atoms with E-state index in [9.17, 15) is 9.59 Å². The molecule has 1 saturated carbocycles. The highest BCUT2D eigenvalue weighted by Crippen LogP contribution is 2.47. The first-order valence-electron chi connectivity index (χ1n) is 6.09. The summed E-state index contributed by atoms with van der Waals surface area (Å²) < 4.78 is 0. The minimum absolute atomic E-state index is 0.0385. The summed E-state index contributed by atoms with van der Waals surface area (Å²) in [5.41, 5.74) is 0.953. The molecule has 1 amide bonds. The highest BCUT2D eigenvalue weighted by molar-refractivity contribution is 6.22. The minimum Gasteiger partial charge on any atom is -0.314 e. The molecule has 1 unspecified atom stereocenters. The van der Waals surface area contributed by atoms with Gasteiger partial charge in [0.25, 0.3) is 0 Å². The molecule has 1 atom stereocenters. The van der Waals surface area contributed by atoms with Gasteiger partial charge in [-0.3, -0.25) is 9.59 Å². The lowest BCUT2D eigenvalue weighted by Gasteiger charge is -2.30. The summed E-state index contributed by atoms with van der Waals surface area (Å²) in [6, 6.07) is 7.67. The van der Waals surface area contributed by atoms with E-state index in [2.05, 4.69) is 0 Å². The zero-order valence-electron chi connectivity index (χ0n) is 9.90. The van der Waals surface area contributed by atoms with E-state index in [1.807, 2.05) is 24.3 Å². The molecule has 1 heterocycles. The molecule has 0 aromatic heterocycles. The Morgan fingerprint density at radius 3 is 2.71 bits per heavy atom. The van der Waals surface area contributed by atoms with E-state index in [-0.39, 0.29) is 11.7 Å². The van der Waals surface area contributed by atoms with E-state index in [0.29, 0.717) is 12.8 Å². The largest absolute Gasteiger partial charge is 0.314 e. The van der Waals surface area contributed by atoms with Gasteiger partial charge in [0.15, 0.2) is 5.78 Å². The predicted molar refractivity (Wildman–Crippen MR) is 65.0 cm³/mol. The molecule has 1 spiro atoms. The Morgan fingerprint density at radius 2 is 1.94 bits per heavy atom. The maximum absolute atomic E-state index is 12.5. The Kier molecular flexibility index (Phi) is 2.12. The Balaban J connectivity index is 2.23. The minimum atomic E-state index is -0.858. The Labute approximate surface area is 100 Å². The van der Waals surface area contributed by atoms with Crippen LogP contribution in [0.5, 0.6) is 0 Å². The van der Waals surface area contributed by atoms with Crippen molar-refractivity contribution in [1.29, 1.82) is 0 Å².